The van der Waals surface area contributed by atoms with Gasteiger partial charge in [0.1, 0.15) is 12.3 Å². The molecule has 0 aliphatic heterocycles. The van der Waals surface area contributed by atoms with Gasteiger partial charge in [-0.15, -0.1) is 0 Å². The molecule has 0 unspecified atom stereocenters. The molecule has 0 aromatic carbocycles. The number of ether oxygens (including phenoxy) is 1. The van der Waals surface area contributed by atoms with Gasteiger partial charge in [-0.05, 0) is 34.1 Å². The Kier molecular flexibility index (Phi) is 8.03. The first-order valence-corrected chi connectivity index (χ1v) is 7.67. The molecule has 1 aromatic heterocycles. The second kappa shape index (κ2) is 9.81. The predicted molar refractivity (Wildman–Crippen MR) is 84.7 cm³/mol. The maximum Gasteiger partial charge on any atom is 0.305 e. The Bertz CT molecular complexity index is 477. The standard InChI is InChI=1S/C15H26N4O3/c1-5-16-15(17-9-7-8-14(20)21-6-2)18-10-13-19-11(3)12(4)22-13/h5-10H2,1-4H3,(H2,16,17,18). The van der Waals surface area contributed by atoms with E-state index in [0.29, 0.717) is 44.4 Å². The average molecular weight is 310 g/mol. The Hall–Kier alpha value is -2.05. The van der Waals surface area contributed by atoms with Gasteiger partial charge >= 0.3 is 5.97 Å². The molecule has 2 N–H and O–H groups in total. The van der Waals surface area contributed by atoms with Crippen molar-refractivity contribution in [2.75, 3.05) is 19.7 Å². The first-order valence-electron chi connectivity index (χ1n) is 7.67. The molecule has 7 heteroatoms. The van der Waals surface area contributed by atoms with Gasteiger partial charge in [0.2, 0.25) is 5.89 Å². The molecule has 0 spiro atoms. The number of nitrogens with zero attached hydrogens (tertiary/aromatic N) is 2. The molecule has 1 rings (SSSR count). The lowest BCUT2D eigenvalue weighted by Crippen LogP contribution is -2.37. The van der Waals surface area contributed by atoms with Crippen molar-refractivity contribution in [1.29, 1.82) is 0 Å². The summed E-state index contributed by atoms with van der Waals surface area (Å²) in [5.41, 5.74) is 0.887. The van der Waals surface area contributed by atoms with Gasteiger partial charge in [0.15, 0.2) is 5.96 Å². The summed E-state index contributed by atoms with van der Waals surface area (Å²) in [5, 5.41) is 6.31. The number of aromatic nitrogens is 1. The topological polar surface area (TPSA) is 88.8 Å². The molecular formula is C15H26N4O3. The van der Waals surface area contributed by atoms with E-state index in [9.17, 15) is 4.79 Å². The number of guanidine groups is 1. The third kappa shape index (κ3) is 6.60. The summed E-state index contributed by atoms with van der Waals surface area (Å²) in [4.78, 5) is 19.9. The summed E-state index contributed by atoms with van der Waals surface area (Å²) in [6.07, 6.45) is 1.10. The molecule has 0 fully saturated rings. The first kappa shape index (κ1) is 18.0. The van der Waals surface area contributed by atoms with E-state index in [4.69, 9.17) is 9.15 Å². The van der Waals surface area contributed by atoms with Crippen LogP contribution in [0.1, 0.15) is 44.0 Å². The van der Waals surface area contributed by atoms with Gasteiger partial charge in [-0.1, -0.05) is 0 Å². The number of oxazole rings is 1. The van der Waals surface area contributed by atoms with Crippen molar-refractivity contribution < 1.29 is 13.9 Å². The second-order valence-corrected chi connectivity index (χ2v) is 4.78. The maximum atomic E-state index is 11.2. The van der Waals surface area contributed by atoms with Crippen LogP contribution in [0.3, 0.4) is 0 Å². The fourth-order valence-electron chi connectivity index (χ4n) is 1.77. The molecule has 0 aliphatic rings. The SMILES string of the molecule is CCNC(=NCc1nc(C)c(C)o1)NCCCC(=O)OCC. The molecule has 0 aliphatic carbocycles. The predicted octanol–water partition coefficient (Wildman–Crippen LogP) is 1.69. The molecule has 0 atom stereocenters. The Morgan fingerprint density at radius 3 is 2.68 bits per heavy atom. The highest BCUT2D eigenvalue weighted by atomic mass is 16.5. The summed E-state index contributed by atoms with van der Waals surface area (Å²) < 4.78 is 10.4. The van der Waals surface area contributed by atoms with E-state index in [1.54, 1.807) is 6.92 Å². The van der Waals surface area contributed by atoms with E-state index in [1.165, 1.54) is 0 Å². The fourth-order valence-corrected chi connectivity index (χ4v) is 1.77. The Labute approximate surface area is 131 Å². The number of aryl methyl sites for hydroxylation is 2. The summed E-state index contributed by atoms with van der Waals surface area (Å²) in [6, 6.07) is 0. The van der Waals surface area contributed by atoms with Gasteiger partial charge in [0.05, 0.1) is 12.3 Å². The molecule has 0 radical (unpaired) electrons. The number of carbonyl (C=O) groups is 1. The number of nitrogens with one attached hydrogen (secondary N) is 2. The lowest BCUT2D eigenvalue weighted by Gasteiger charge is -2.10. The van der Waals surface area contributed by atoms with Gasteiger partial charge in [-0.25, -0.2) is 9.98 Å². The Morgan fingerprint density at radius 2 is 2.09 bits per heavy atom. The van der Waals surface area contributed by atoms with E-state index in [1.807, 2.05) is 20.8 Å². The van der Waals surface area contributed by atoms with E-state index >= 15 is 0 Å². The normalized spacial score (nSPS) is 11.4. The van der Waals surface area contributed by atoms with Crippen LogP contribution < -0.4 is 10.6 Å². The number of carbonyl (C=O) groups excluding carboxylic acids is 1. The molecular weight excluding hydrogens is 284 g/mol. The van der Waals surface area contributed by atoms with Crippen LogP contribution in [0.5, 0.6) is 0 Å². The van der Waals surface area contributed by atoms with Crippen molar-refractivity contribution in [3.05, 3.63) is 17.3 Å². The van der Waals surface area contributed by atoms with E-state index in [2.05, 4.69) is 20.6 Å². The largest absolute Gasteiger partial charge is 0.466 e. The van der Waals surface area contributed by atoms with Gasteiger partial charge in [-0.3, -0.25) is 4.79 Å². The number of hydrogen-bond acceptors (Lipinski definition) is 5. The Morgan fingerprint density at radius 1 is 1.32 bits per heavy atom. The molecule has 0 saturated heterocycles. The highest BCUT2D eigenvalue weighted by Crippen LogP contribution is 2.08. The number of esters is 1. The van der Waals surface area contributed by atoms with Crippen molar-refractivity contribution in [2.45, 2.75) is 47.1 Å². The van der Waals surface area contributed by atoms with Crippen molar-refractivity contribution in [3.8, 4) is 0 Å². The minimum absolute atomic E-state index is 0.169. The molecule has 0 amide bonds. The molecule has 1 heterocycles. The summed E-state index contributed by atoms with van der Waals surface area (Å²) in [7, 11) is 0. The molecule has 0 bridgehead atoms. The summed E-state index contributed by atoms with van der Waals surface area (Å²) in [6.45, 7) is 9.79. The van der Waals surface area contributed by atoms with E-state index < -0.39 is 0 Å². The van der Waals surface area contributed by atoms with Crippen LogP contribution in [0, 0.1) is 13.8 Å². The van der Waals surface area contributed by atoms with Crippen LogP contribution in [0.25, 0.3) is 0 Å². The van der Waals surface area contributed by atoms with Crippen molar-refractivity contribution in [2.24, 2.45) is 4.99 Å². The third-order valence-corrected chi connectivity index (χ3v) is 2.94. The zero-order valence-corrected chi connectivity index (χ0v) is 13.9. The third-order valence-electron chi connectivity index (χ3n) is 2.94. The summed E-state index contributed by atoms with van der Waals surface area (Å²) in [5.74, 6) is 1.92. The fraction of sp³-hybridized carbons (Fsp3) is 0.667. The molecule has 0 saturated carbocycles. The molecule has 124 valence electrons. The van der Waals surface area contributed by atoms with Gasteiger partial charge in [-0.2, -0.15) is 0 Å². The maximum absolute atomic E-state index is 11.2. The smallest absolute Gasteiger partial charge is 0.305 e. The highest BCUT2D eigenvalue weighted by molar-refractivity contribution is 5.79. The first-order chi connectivity index (χ1) is 10.6. The van der Waals surface area contributed by atoms with E-state index in [0.717, 1.165) is 18.0 Å². The molecule has 7 nitrogen and oxygen atoms in total. The molecule has 1 aromatic rings. The van der Waals surface area contributed by atoms with Crippen LogP contribution in [-0.2, 0) is 16.1 Å². The van der Waals surface area contributed by atoms with Crippen LogP contribution >= 0.6 is 0 Å². The minimum Gasteiger partial charge on any atom is -0.466 e. The van der Waals surface area contributed by atoms with Crippen molar-refractivity contribution in [1.82, 2.24) is 15.6 Å². The van der Waals surface area contributed by atoms with Gasteiger partial charge in [0, 0.05) is 19.5 Å². The van der Waals surface area contributed by atoms with Crippen LogP contribution in [-0.4, -0.2) is 36.6 Å². The quantitative estimate of drug-likeness (QED) is 0.329. The monoisotopic (exact) mass is 310 g/mol. The van der Waals surface area contributed by atoms with Crippen molar-refractivity contribution in [3.63, 3.8) is 0 Å². The zero-order chi connectivity index (χ0) is 16.4. The van der Waals surface area contributed by atoms with Crippen LogP contribution in [0.15, 0.2) is 9.41 Å². The average Bonchev–Trinajstić information content (AvgIpc) is 2.80. The van der Waals surface area contributed by atoms with Crippen LogP contribution in [0.4, 0.5) is 0 Å². The second-order valence-electron chi connectivity index (χ2n) is 4.78. The number of aliphatic imine (C=N–C) groups is 1. The zero-order valence-electron chi connectivity index (χ0n) is 13.9. The van der Waals surface area contributed by atoms with Gasteiger partial charge < -0.3 is 19.8 Å². The van der Waals surface area contributed by atoms with Crippen molar-refractivity contribution >= 4 is 11.9 Å². The Balaban J connectivity index is 2.40. The summed E-state index contributed by atoms with van der Waals surface area (Å²) >= 11 is 0. The minimum atomic E-state index is -0.169. The van der Waals surface area contributed by atoms with Crippen LogP contribution in [0.2, 0.25) is 0 Å². The van der Waals surface area contributed by atoms with Gasteiger partial charge in [0.25, 0.3) is 0 Å². The number of hydrogen-bond donors (Lipinski definition) is 2. The number of rotatable bonds is 8. The van der Waals surface area contributed by atoms with E-state index in [-0.39, 0.29) is 5.97 Å². The lowest BCUT2D eigenvalue weighted by molar-refractivity contribution is -0.143. The lowest BCUT2D eigenvalue weighted by atomic mass is 10.3. The molecule has 22 heavy (non-hydrogen) atoms. The highest BCUT2D eigenvalue weighted by Gasteiger charge is 2.06.